The van der Waals surface area contributed by atoms with Gasteiger partial charge in [-0.15, -0.1) is 11.3 Å². The number of anilines is 2. The molecule has 0 aliphatic heterocycles. The highest BCUT2D eigenvalue weighted by molar-refractivity contribution is 7.13. The summed E-state index contributed by atoms with van der Waals surface area (Å²) < 4.78 is 5.16. The molecular formula is C17H18N2O4S. The Hall–Kier alpha value is -2.67. The zero-order valence-corrected chi connectivity index (χ0v) is 14.4. The molecule has 0 radical (unpaired) electrons. The third-order valence-electron chi connectivity index (χ3n) is 3.07. The monoisotopic (exact) mass is 346 g/mol. The van der Waals surface area contributed by atoms with E-state index in [4.69, 9.17) is 4.74 Å². The van der Waals surface area contributed by atoms with Crippen LogP contribution in [0.3, 0.4) is 0 Å². The molecule has 0 fully saturated rings. The molecule has 126 valence electrons. The third kappa shape index (κ3) is 4.92. The van der Waals surface area contributed by atoms with Crippen LogP contribution >= 0.6 is 11.3 Å². The molecule has 2 rings (SSSR count). The van der Waals surface area contributed by atoms with E-state index < -0.39 is 18.0 Å². The lowest BCUT2D eigenvalue weighted by atomic mass is 10.2. The van der Waals surface area contributed by atoms with E-state index in [0.29, 0.717) is 16.3 Å². The first-order chi connectivity index (χ1) is 11.3. The van der Waals surface area contributed by atoms with E-state index in [0.717, 1.165) is 4.88 Å². The number of thiophene rings is 1. The Morgan fingerprint density at radius 2 is 1.58 bits per heavy atom. The summed E-state index contributed by atoms with van der Waals surface area (Å²) in [5.74, 6) is -1.11. The largest absolute Gasteiger partial charge is 0.448 e. The average molecular weight is 346 g/mol. The quantitative estimate of drug-likeness (QED) is 0.814. The van der Waals surface area contributed by atoms with Gasteiger partial charge in [0, 0.05) is 23.2 Å². The Balaban J connectivity index is 1.91. The van der Waals surface area contributed by atoms with Crippen LogP contribution in [0.2, 0.25) is 0 Å². The van der Waals surface area contributed by atoms with Gasteiger partial charge in [-0.3, -0.25) is 9.59 Å². The number of esters is 1. The molecule has 1 aromatic carbocycles. The number of aryl methyl sites for hydroxylation is 1. The number of benzene rings is 1. The van der Waals surface area contributed by atoms with Crippen molar-refractivity contribution in [2.45, 2.75) is 26.9 Å². The zero-order chi connectivity index (χ0) is 17.7. The van der Waals surface area contributed by atoms with Crippen molar-refractivity contribution < 1.29 is 19.1 Å². The lowest BCUT2D eigenvalue weighted by Crippen LogP contribution is -2.29. The van der Waals surface area contributed by atoms with Gasteiger partial charge in [0.2, 0.25) is 5.91 Å². The van der Waals surface area contributed by atoms with Crippen LogP contribution in [0.25, 0.3) is 0 Å². The van der Waals surface area contributed by atoms with Crippen molar-refractivity contribution in [2.24, 2.45) is 0 Å². The number of rotatable bonds is 5. The van der Waals surface area contributed by atoms with Crippen LogP contribution in [0, 0.1) is 6.92 Å². The third-order valence-corrected chi connectivity index (χ3v) is 4.05. The minimum Gasteiger partial charge on any atom is -0.448 e. The van der Waals surface area contributed by atoms with Crippen LogP contribution in [-0.4, -0.2) is 23.9 Å². The van der Waals surface area contributed by atoms with E-state index in [2.05, 4.69) is 10.6 Å². The fourth-order valence-corrected chi connectivity index (χ4v) is 2.65. The van der Waals surface area contributed by atoms with Crippen LogP contribution in [0.15, 0.2) is 36.4 Å². The first-order valence-electron chi connectivity index (χ1n) is 7.31. The van der Waals surface area contributed by atoms with Crippen LogP contribution in [0.1, 0.15) is 28.4 Å². The molecule has 2 N–H and O–H groups in total. The predicted molar refractivity (Wildman–Crippen MR) is 93.3 cm³/mol. The summed E-state index contributed by atoms with van der Waals surface area (Å²) in [4.78, 5) is 36.5. The summed E-state index contributed by atoms with van der Waals surface area (Å²) in [7, 11) is 0. The van der Waals surface area contributed by atoms with Gasteiger partial charge in [-0.25, -0.2) is 4.79 Å². The van der Waals surface area contributed by atoms with Crippen molar-refractivity contribution in [3.63, 3.8) is 0 Å². The summed E-state index contributed by atoms with van der Waals surface area (Å²) in [6.07, 6.45) is -0.921. The molecular weight excluding hydrogens is 328 g/mol. The summed E-state index contributed by atoms with van der Waals surface area (Å²) in [6, 6.07) is 10.1. The standard InChI is InChI=1S/C17H18N2O4S/c1-10-4-9-15(24-10)17(22)23-11(2)16(21)19-14-7-5-13(6-8-14)18-12(3)20/h4-9,11H,1-3H3,(H,18,20)(H,19,21)/t11-/m1/s1. The first kappa shape index (κ1) is 17.7. The average Bonchev–Trinajstić information content (AvgIpc) is 2.95. The normalized spacial score (nSPS) is 11.5. The summed E-state index contributed by atoms with van der Waals surface area (Å²) >= 11 is 1.32. The maximum atomic E-state index is 12.1. The molecule has 6 nitrogen and oxygen atoms in total. The van der Waals surface area contributed by atoms with Crippen LogP contribution in [-0.2, 0) is 14.3 Å². The molecule has 0 unspecified atom stereocenters. The Morgan fingerprint density at radius 1 is 1.00 bits per heavy atom. The Kier molecular flexibility index (Phi) is 5.70. The van der Waals surface area contributed by atoms with Crippen molar-refractivity contribution in [2.75, 3.05) is 10.6 Å². The van der Waals surface area contributed by atoms with Crippen LogP contribution in [0.4, 0.5) is 11.4 Å². The molecule has 24 heavy (non-hydrogen) atoms. The molecule has 1 aromatic heterocycles. The Bertz CT molecular complexity index is 752. The lowest BCUT2D eigenvalue weighted by Gasteiger charge is -2.13. The number of ether oxygens (including phenoxy) is 1. The second-order valence-corrected chi connectivity index (χ2v) is 6.49. The topological polar surface area (TPSA) is 84.5 Å². The van der Waals surface area contributed by atoms with E-state index >= 15 is 0 Å². The van der Waals surface area contributed by atoms with Gasteiger partial charge >= 0.3 is 5.97 Å². The molecule has 0 aliphatic rings. The van der Waals surface area contributed by atoms with Gasteiger partial charge in [-0.05, 0) is 50.2 Å². The molecule has 1 heterocycles. The fraction of sp³-hybridized carbons (Fsp3) is 0.235. The van der Waals surface area contributed by atoms with Gasteiger partial charge in [0.05, 0.1) is 0 Å². The maximum absolute atomic E-state index is 12.1. The van der Waals surface area contributed by atoms with E-state index in [-0.39, 0.29) is 5.91 Å². The van der Waals surface area contributed by atoms with Gasteiger partial charge in [0.25, 0.3) is 5.91 Å². The van der Waals surface area contributed by atoms with Crippen LogP contribution in [0.5, 0.6) is 0 Å². The van der Waals surface area contributed by atoms with Gasteiger partial charge in [-0.1, -0.05) is 0 Å². The first-order valence-corrected chi connectivity index (χ1v) is 8.13. The molecule has 2 aromatic rings. The molecule has 7 heteroatoms. The van der Waals surface area contributed by atoms with Crippen molar-refractivity contribution in [3.8, 4) is 0 Å². The van der Waals surface area contributed by atoms with Crippen molar-refractivity contribution in [1.82, 2.24) is 0 Å². The Morgan fingerprint density at radius 3 is 2.08 bits per heavy atom. The number of carbonyl (C=O) groups excluding carboxylic acids is 3. The number of hydrogen-bond acceptors (Lipinski definition) is 5. The van der Waals surface area contributed by atoms with E-state index in [9.17, 15) is 14.4 Å². The van der Waals surface area contributed by atoms with Gasteiger partial charge < -0.3 is 15.4 Å². The highest BCUT2D eigenvalue weighted by Gasteiger charge is 2.20. The summed E-state index contributed by atoms with van der Waals surface area (Å²) in [5, 5.41) is 5.29. The van der Waals surface area contributed by atoms with Crippen LogP contribution < -0.4 is 10.6 Å². The number of hydrogen-bond donors (Lipinski definition) is 2. The second-order valence-electron chi connectivity index (χ2n) is 5.21. The minimum absolute atomic E-state index is 0.170. The minimum atomic E-state index is -0.921. The van der Waals surface area contributed by atoms with E-state index in [1.165, 1.54) is 25.2 Å². The number of carbonyl (C=O) groups is 3. The number of nitrogens with one attached hydrogen (secondary N) is 2. The molecule has 0 aliphatic carbocycles. The van der Waals surface area contributed by atoms with Gasteiger partial charge in [0.15, 0.2) is 6.10 Å². The van der Waals surface area contributed by atoms with Crippen molar-refractivity contribution >= 4 is 40.5 Å². The maximum Gasteiger partial charge on any atom is 0.349 e. The summed E-state index contributed by atoms with van der Waals surface area (Å²) in [6.45, 7) is 4.82. The van der Waals surface area contributed by atoms with Crippen molar-refractivity contribution in [3.05, 3.63) is 46.2 Å². The number of amides is 2. The molecule has 2 amide bonds. The zero-order valence-electron chi connectivity index (χ0n) is 13.6. The summed E-state index contributed by atoms with van der Waals surface area (Å²) in [5.41, 5.74) is 1.18. The molecule has 1 atom stereocenters. The highest BCUT2D eigenvalue weighted by atomic mass is 32.1. The SMILES string of the molecule is CC(=O)Nc1ccc(NC(=O)[C@@H](C)OC(=O)c2ccc(C)s2)cc1. The smallest absolute Gasteiger partial charge is 0.349 e. The van der Waals surface area contributed by atoms with E-state index in [1.807, 2.05) is 13.0 Å². The fourth-order valence-electron chi connectivity index (χ4n) is 1.90. The van der Waals surface area contributed by atoms with E-state index in [1.54, 1.807) is 30.3 Å². The molecule has 0 saturated heterocycles. The molecule has 0 saturated carbocycles. The highest BCUT2D eigenvalue weighted by Crippen LogP contribution is 2.17. The second kappa shape index (κ2) is 7.74. The van der Waals surface area contributed by atoms with Gasteiger partial charge in [-0.2, -0.15) is 0 Å². The van der Waals surface area contributed by atoms with Gasteiger partial charge in [0.1, 0.15) is 4.88 Å². The Labute approximate surface area is 143 Å². The molecule has 0 spiro atoms. The van der Waals surface area contributed by atoms with Crippen molar-refractivity contribution in [1.29, 1.82) is 0 Å². The predicted octanol–water partition coefficient (Wildman–Crippen LogP) is 3.20. The lowest BCUT2D eigenvalue weighted by molar-refractivity contribution is -0.123. The molecule has 0 bridgehead atoms.